The largest absolute Gasteiger partial charge is 0.495 e. The molecule has 1 N–H and O–H groups in total. The van der Waals surface area contributed by atoms with Crippen molar-refractivity contribution in [1.29, 1.82) is 0 Å². The van der Waals surface area contributed by atoms with Gasteiger partial charge >= 0.3 is 0 Å². The van der Waals surface area contributed by atoms with E-state index < -0.39 is 0 Å². The first kappa shape index (κ1) is 15.8. The molecule has 0 aliphatic rings. The molecule has 6 heteroatoms. The fourth-order valence-corrected chi connectivity index (χ4v) is 3.13. The number of thiazole rings is 1. The minimum absolute atomic E-state index is 0.0685. The van der Waals surface area contributed by atoms with Gasteiger partial charge in [-0.05, 0) is 38.5 Å². The van der Waals surface area contributed by atoms with Crippen LogP contribution in [0.5, 0.6) is 5.75 Å². The van der Waals surface area contributed by atoms with Gasteiger partial charge in [0.05, 0.1) is 23.5 Å². The Labute approximate surface area is 133 Å². The molecular weight excluding hydrogens is 308 g/mol. The molecule has 0 radical (unpaired) electrons. The first-order valence-corrected chi connectivity index (χ1v) is 7.75. The van der Waals surface area contributed by atoms with Crippen molar-refractivity contribution in [3.63, 3.8) is 0 Å². The van der Waals surface area contributed by atoms with E-state index in [0.29, 0.717) is 29.3 Å². The number of benzene rings is 1. The van der Waals surface area contributed by atoms with Crippen molar-refractivity contribution in [2.75, 3.05) is 12.4 Å². The predicted octanol–water partition coefficient (Wildman–Crippen LogP) is 3.99. The van der Waals surface area contributed by atoms with Crippen LogP contribution in [0.1, 0.15) is 22.0 Å². The highest BCUT2D eigenvalue weighted by atomic mass is 35.5. The van der Waals surface area contributed by atoms with Crippen LogP contribution >= 0.6 is 22.9 Å². The Morgan fingerprint density at radius 2 is 2.19 bits per heavy atom. The number of hydrogen-bond donors (Lipinski definition) is 1. The minimum atomic E-state index is -0.0685. The van der Waals surface area contributed by atoms with Crippen LogP contribution in [0.25, 0.3) is 0 Å². The zero-order chi connectivity index (χ0) is 15.4. The number of ether oxygens (including phenoxy) is 1. The maximum Gasteiger partial charge on any atom is 0.224 e. The van der Waals surface area contributed by atoms with Crippen LogP contribution in [0.15, 0.2) is 18.2 Å². The molecule has 2 aromatic rings. The van der Waals surface area contributed by atoms with Gasteiger partial charge in [0.25, 0.3) is 0 Å². The Morgan fingerprint density at radius 1 is 1.43 bits per heavy atom. The highest BCUT2D eigenvalue weighted by Gasteiger charge is 2.11. The van der Waals surface area contributed by atoms with E-state index in [9.17, 15) is 4.79 Å². The second-order valence-corrected chi connectivity index (χ2v) is 6.36. The Bertz CT molecular complexity index is 655. The lowest BCUT2D eigenvalue weighted by Gasteiger charge is -2.10. The molecule has 1 heterocycles. The van der Waals surface area contributed by atoms with Gasteiger partial charge in [0.2, 0.25) is 5.91 Å². The molecule has 0 aliphatic carbocycles. The quantitative estimate of drug-likeness (QED) is 0.904. The smallest absolute Gasteiger partial charge is 0.224 e. The van der Waals surface area contributed by atoms with Crippen molar-refractivity contribution in [1.82, 2.24) is 4.98 Å². The molecule has 0 aliphatic heterocycles. The standard InChI is InChI=1S/C15H17ClN2O2S/c1-9-14(21-10(2)17-9)6-7-15(19)18-12-8-11(16)4-5-13(12)20-3/h4-5,8H,6-7H2,1-3H3,(H,18,19). The third-order valence-corrected chi connectivity index (χ3v) is 4.38. The monoisotopic (exact) mass is 324 g/mol. The predicted molar refractivity (Wildman–Crippen MR) is 86.5 cm³/mol. The zero-order valence-corrected chi connectivity index (χ0v) is 13.8. The van der Waals surface area contributed by atoms with Crippen molar-refractivity contribution in [3.8, 4) is 5.75 Å². The summed E-state index contributed by atoms with van der Waals surface area (Å²) < 4.78 is 5.21. The van der Waals surface area contributed by atoms with E-state index in [1.54, 1.807) is 36.6 Å². The number of amides is 1. The molecule has 2 rings (SSSR count). The minimum Gasteiger partial charge on any atom is -0.495 e. The van der Waals surface area contributed by atoms with Crippen LogP contribution in [-0.4, -0.2) is 18.0 Å². The van der Waals surface area contributed by atoms with Crippen LogP contribution in [-0.2, 0) is 11.2 Å². The van der Waals surface area contributed by atoms with Crippen LogP contribution < -0.4 is 10.1 Å². The molecule has 4 nitrogen and oxygen atoms in total. The normalized spacial score (nSPS) is 10.5. The second-order valence-electron chi connectivity index (χ2n) is 4.63. The van der Waals surface area contributed by atoms with Crippen molar-refractivity contribution in [2.45, 2.75) is 26.7 Å². The van der Waals surface area contributed by atoms with Crippen LogP contribution in [0.4, 0.5) is 5.69 Å². The number of carbonyl (C=O) groups excluding carboxylic acids is 1. The molecule has 0 unspecified atom stereocenters. The van der Waals surface area contributed by atoms with Gasteiger partial charge in [-0.3, -0.25) is 4.79 Å². The summed E-state index contributed by atoms with van der Waals surface area (Å²) >= 11 is 7.58. The Balaban J connectivity index is 1.99. The Kier molecular flexibility index (Phi) is 5.20. The van der Waals surface area contributed by atoms with Gasteiger partial charge in [-0.1, -0.05) is 11.6 Å². The summed E-state index contributed by atoms with van der Waals surface area (Å²) in [6.45, 7) is 3.94. The number of nitrogens with zero attached hydrogens (tertiary/aromatic N) is 1. The summed E-state index contributed by atoms with van der Waals surface area (Å²) in [4.78, 5) is 17.6. The van der Waals surface area contributed by atoms with E-state index >= 15 is 0 Å². The first-order valence-electron chi connectivity index (χ1n) is 6.56. The van der Waals surface area contributed by atoms with Crippen molar-refractivity contribution < 1.29 is 9.53 Å². The fourth-order valence-electron chi connectivity index (χ4n) is 2.02. The van der Waals surface area contributed by atoms with E-state index in [-0.39, 0.29) is 5.91 Å². The van der Waals surface area contributed by atoms with Gasteiger partial charge in [0.1, 0.15) is 5.75 Å². The van der Waals surface area contributed by atoms with Gasteiger partial charge in [-0.25, -0.2) is 4.98 Å². The topological polar surface area (TPSA) is 51.2 Å². The number of carbonyl (C=O) groups is 1. The van der Waals surface area contributed by atoms with Gasteiger partial charge in [0, 0.05) is 16.3 Å². The lowest BCUT2D eigenvalue weighted by molar-refractivity contribution is -0.116. The van der Waals surface area contributed by atoms with E-state index in [4.69, 9.17) is 16.3 Å². The van der Waals surface area contributed by atoms with Gasteiger partial charge in [-0.15, -0.1) is 11.3 Å². The van der Waals surface area contributed by atoms with Crippen molar-refractivity contribution >= 4 is 34.5 Å². The summed E-state index contributed by atoms with van der Waals surface area (Å²) in [5.41, 5.74) is 1.60. The van der Waals surface area contributed by atoms with Crippen LogP contribution in [0.2, 0.25) is 5.02 Å². The van der Waals surface area contributed by atoms with Gasteiger partial charge in [-0.2, -0.15) is 0 Å². The SMILES string of the molecule is COc1ccc(Cl)cc1NC(=O)CCc1sc(C)nc1C. The molecular formula is C15H17ClN2O2S. The van der Waals surface area contributed by atoms with Crippen LogP contribution in [0.3, 0.4) is 0 Å². The maximum atomic E-state index is 12.1. The summed E-state index contributed by atoms with van der Waals surface area (Å²) in [5, 5.41) is 4.42. The number of hydrogen-bond acceptors (Lipinski definition) is 4. The second kappa shape index (κ2) is 6.91. The average molecular weight is 325 g/mol. The number of methoxy groups -OCH3 is 1. The van der Waals surface area contributed by atoms with Gasteiger partial charge in [0.15, 0.2) is 0 Å². The number of aromatic nitrogens is 1. The lowest BCUT2D eigenvalue weighted by Crippen LogP contribution is -2.13. The third kappa shape index (κ3) is 4.19. The highest BCUT2D eigenvalue weighted by molar-refractivity contribution is 7.11. The third-order valence-electron chi connectivity index (χ3n) is 3.01. The molecule has 1 aromatic heterocycles. The summed E-state index contributed by atoms with van der Waals surface area (Å²) in [6.07, 6.45) is 1.09. The van der Waals surface area contributed by atoms with Crippen LogP contribution in [0, 0.1) is 13.8 Å². The zero-order valence-electron chi connectivity index (χ0n) is 12.2. The van der Waals surface area contributed by atoms with E-state index in [2.05, 4.69) is 10.3 Å². The summed E-state index contributed by atoms with van der Waals surface area (Å²) in [6, 6.07) is 5.13. The maximum absolute atomic E-state index is 12.1. The molecule has 1 aromatic carbocycles. The summed E-state index contributed by atoms with van der Waals surface area (Å²) in [7, 11) is 1.56. The Morgan fingerprint density at radius 3 is 2.81 bits per heavy atom. The number of anilines is 1. The molecule has 0 bridgehead atoms. The molecule has 0 fully saturated rings. The lowest BCUT2D eigenvalue weighted by atomic mass is 10.2. The number of rotatable bonds is 5. The van der Waals surface area contributed by atoms with E-state index in [1.807, 2.05) is 13.8 Å². The molecule has 0 atom stereocenters. The van der Waals surface area contributed by atoms with Crippen molar-refractivity contribution in [3.05, 3.63) is 38.8 Å². The van der Waals surface area contributed by atoms with Crippen molar-refractivity contribution in [2.24, 2.45) is 0 Å². The van der Waals surface area contributed by atoms with Gasteiger partial charge < -0.3 is 10.1 Å². The number of nitrogens with one attached hydrogen (secondary N) is 1. The highest BCUT2D eigenvalue weighted by Crippen LogP contribution is 2.28. The number of halogens is 1. The molecule has 112 valence electrons. The van der Waals surface area contributed by atoms with E-state index in [1.165, 1.54) is 0 Å². The average Bonchev–Trinajstić information content (AvgIpc) is 2.75. The molecule has 1 amide bonds. The van der Waals surface area contributed by atoms with E-state index in [0.717, 1.165) is 15.6 Å². The Hall–Kier alpha value is -1.59. The summed E-state index contributed by atoms with van der Waals surface area (Å²) in [5.74, 6) is 0.526. The fraction of sp³-hybridized carbons (Fsp3) is 0.333. The number of aryl methyl sites for hydroxylation is 3. The first-order chi connectivity index (χ1) is 9.99. The molecule has 21 heavy (non-hydrogen) atoms. The molecule has 0 saturated heterocycles. The molecule has 0 saturated carbocycles. The molecule has 0 spiro atoms.